The second-order valence-electron chi connectivity index (χ2n) is 8.39. The summed E-state index contributed by atoms with van der Waals surface area (Å²) in [7, 11) is 0. The summed E-state index contributed by atoms with van der Waals surface area (Å²) >= 11 is 11.7. The summed E-state index contributed by atoms with van der Waals surface area (Å²) in [5.41, 5.74) is -1.22. The Balaban J connectivity index is 1.84. The maximum atomic E-state index is 13.7. The summed E-state index contributed by atoms with van der Waals surface area (Å²) in [6.45, 7) is -1.98. The van der Waals surface area contributed by atoms with Crippen molar-refractivity contribution < 1.29 is 41.0 Å². The molecule has 0 heterocycles. The predicted octanol–water partition coefficient (Wildman–Crippen LogP) is 6.73. The molecule has 5 nitrogen and oxygen atoms in total. The average molecular weight is 605 g/mol. The van der Waals surface area contributed by atoms with Crippen LogP contribution < -0.4 is 10.6 Å². The van der Waals surface area contributed by atoms with E-state index in [1.54, 1.807) is 12.1 Å². The molecule has 1 atom stereocenters. The molecule has 0 radical (unpaired) electrons. The Hall–Kier alpha value is -3.38. The second-order valence-corrected chi connectivity index (χ2v) is 9.26. The molecule has 212 valence electrons. The minimum Gasteiger partial charge on any atom is -0.377 e. The van der Waals surface area contributed by atoms with Gasteiger partial charge in [-0.05, 0) is 58.8 Å². The Kier molecular flexibility index (Phi) is 10.0. The number of halogens is 8. The van der Waals surface area contributed by atoms with Crippen molar-refractivity contribution in [3.8, 4) is 0 Å². The number of hydrogen-bond acceptors (Lipinski definition) is 4. The van der Waals surface area contributed by atoms with Crippen molar-refractivity contribution in [3.05, 3.63) is 99.6 Å². The van der Waals surface area contributed by atoms with Gasteiger partial charge in [-0.2, -0.15) is 26.3 Å². The molecule has 3 N–H and O–H groups in total. The van der Waals surface area contributed by atoms with Gasteiger partial charge in [0.05, 0.1) is 18.7 Å². The fourth-order valence-electron chi connectivity index (χ4n) is 3.69. The fraction of sp³-hybridized carbons (Fsp3) is 0.185. The monoisotopic (exact) mass is 604 g/mol. The Morgan fingerprint density at radius 3 is 2.05 bits per heavy atom. The fourth-order valence-corrected chi connectivity index (χ4v) is 4.21. The summed E-state index contributed by atoms with van der Waals surface area (Å²) in [6.07, 6.45) is -8.42. The molecule has 0 aliphatic rings. The lowest BCUT2D eigenvalue weighted by Crippen LogP contribution is -2.44. The topological polar surface area (TPSA) is 78.4 Å². The molecule has 0 aromatic heterocycles. The number of ketones is 1. The van der Waals surface area contributed by atoms with E-state index in [1.807, 2.05) is 5.32 Å². The highest BCUT2D eigenvalue weighted by molar-refractivity contribution is 6.34. The number of carbonyl (C=O) groups is 2. The van der Waals surface area contributed by atoms with Crippen molar-refractivity contribution >= 4 is 51.2 Å². The van der Waals surface area contributed by atoms with Gasteiger partial charge in [0.15, 0.2) is 5.78 Å². The number of fused-ring (bicyclic) bond motifs is 1. The predicted molar refractivity (Wildman–Crippen MR) is 140 cm³/mol. The number of rotatable bonds is 9. The lowest BCUT2D eigenvalue weighted by atomic mass is 9.96. The molecule has 0 fully saturated rings. The average Bonchev–Trinajstić information content (AvgIpc) is 2.86. The normalized spacial score (nSPS) is 13.6. The smallest absolute Gasteiger partial charge is 0.377 e. The van der Waals surface area contributed by atoms with Crippen LogP contribution in [0.3, 0.4) is 0 Å². The number of hydrogen-bond donors (Lipinski definition) is 3. The maximum absolute atomic E-state index is 13.7. The molecule has 1 unspecified atom stereocenters. The van der Waals surface area contributed by atoms with E-state index in [1.165, 1.54) is 30.3 Å². The minimum atomic E-state index is -4.78. The third-order valence-electron chi connectivity index (χ3n) is 5.42. The lowest BCUT2D eigenvalue weighted by molar-refractivity contribution is -0.130. The van der Waals surface area contributed by atoms with Crippen LogP contribution in [-0.4, -0.2) is 48.5 Å². The van der Waals surface area contributed by atoms with Crippen LogP contribution in [0.15, 0.2) is 72.8 Å². The van der Waals surface area contributed by atoms with Gasteiger partial charge in [-0.25, -0.2) is 0 Å². The molecule has 13 heteroatoms. The standard InChI is InChI=1S/C27H20Cl2F6N2O3/c28-16-10-15(11-17(29)12-16)22(27(33,34)35)6-3-7-23(38)20-8-9-21(19-5-2-1-4-18(19)20)25(40)36-13-24(39)37-14-26(30,31)32/h1-12,24,37,39H,13-14H2,(H,36,40)/b7-3+,22-6-. The van der Waals surface area contributed by atoms with Crippen LogP contribution in [0.1, 0.15) is 26.3 Å². The zero-order chi connectivity index (χ0) is 29.7. The van der Waals surface area contributed by atoms with Crippen LogP contribution in [0.25, 0.3) is 16.3 Å². The number of benzene rings is 3. The zero-order valence-electron chi connectivity index (χ0n) is 20.2. The number of aliphatic hydroxyl groups is 1. The van der Waals surface area contributed by atoms with Gasteiger partial charge in [0.25, 0.3) is 5.91 Å². The largest absolute Gasteiger partial charge is 0.416 e. The van der Waals surface area contributed by atoms with Crippen LogP contribution in [0.5, 0.6) is 0 Å². The number of amides is 1. The van der Waals surface area contributed by atoms with Crippen LogP contribution in [0, 0.1) is 0 Å². The second kappa shape index (κ2) is 12.9. The van der Waals surface area contributed by atoms with Gasteiger partial charge in [-0.1, -0.05) is 53.5 Å². The SMILES string of the molecule is O=C(/C=C/C=C(/c1cc(Cl)cc(Cl)c1)C(F)(F)F)c1ccc(C(=O)NCC(O)NCC(F)(F)F)c2ccccc12. The molecule has 1 amide bonds. The first-order chi connectivity index (χ1) is 18.7. The quantitative estimate of drug-likeness (QED) is 0.0832. The van der Waals surface area contributed by atoms with E-state index < -0.39 is 48.9 Å². The van der Waals surface area contributed by atoms with E-state index in [0.29, 0.717) is 16.8 Å². The first kappa shape index (κ1) is 31.2. The van der Waals surface area contributed by atoms with Gasteiger partial charge in [0, 0.05) is 21.2 Å². The lowest BCUT2D eigenvalue weighted by Gasteiger charge is -2.16. The summed E-state index contributed by atoms with van der Waals surface area (Å²) in [5.74, 6) is -1.38. The Labute approximate surface area is 234 Å². The number of allylic oxidation sites excluding steroid dienone is 4. The molecular weight excluding hydrogens is 585 g/mol. The molecule has 0 saturated heterocycles. The first-order valence-electron chi connectivity index (χ1n) is 11.4. The summed E-state index contributed by atoms with van der Waals surface area (Å²) in [6, 6.07) is 12.3. The first-order valence-corrected chi connectivity index (χ1v) is 12.2. The molecule has 3 rings (SSSR count). The number of alkyl halides is 6. The van der Waals surface area contributed by atoms with Crippen molar-refractivity contribution in [3.63, 3.8) is 0 Å². The van der Waals surface area contributed by atoms with Crippen molar-refractivity contribution in [2.45, 2.75) is 18.6 Å². The van der Waals surface area contributed by atoms with Gasteiger partial charge < -0.3 is 10.4 Å². The molecule has 0 spiro atoms. The molecule has 3 aromatic rings. The van der Waals surface area contributed by atoms with Crippen LogP contribution in [0.2, 0.25) is 10.0 Å². The third-order valence-corrected chi connectivity index (χ3v) is 5.85. The van der Waals surface area contributed by atoms with E-state index in [2.05, 4.69) is 5.32 Å². The maximum Gasteiger partial charge on any atom is 0.416 e. The van der Waals surface area contributed by atoms with Gasteiger partial charge in [0.1, 0.15) is 6.23 Å². The van der Waals surface area contributed by atoms with E-state index in [0.717, 1.165) is 24.3 Å². The van der Waals surface area contributed by atoms with Gasteiger partial charge >= 0.3 is 12.4 Å². The van der Waals surface area contributed by atoms with Crippen molar-refractivity contribution in [2.75, 3.05) is 13.1 Å². The van der Waals surface area contributed by atoms with Crippen LogP contribution in [-0.2, 0) is 0 Å². The summed E-state index contributed by atoms with van der Waals surface area (Å²) < 4.78 is 77.8. The van der Waals surface area contributed by atoms with Crippen LogP contribution in [0.4, 0.5) is 26.3 Å². The van der Waals surface area contributed by atoms with Crippen molar-refractivity contribution in [1.82, 2.24) is 10.6 Å². The summed E-state index contributed by atoms with van der Waals surface area (Å²) in [4.78, 5) is 25.6. The highest BCUT2D eigenvalue weighted by atomic mass is 35.5. The minimum absolute atomic E-state index is 0.000354. The number of carbonyl (C=O) groups excluding carboxylic acids is 2. The highest BCUT2D eigenvalue weighted by Gasteiger charge is 2.34. The van der Waals surface area contributed by atoms with Gasteiger partial charge in [-0.15, -0.1) is 0 Å². The van der Waals surface area contributed by atoms with E-state index in [4.69, 9.17) is 23.2 Å². The van der Waals surface area contributed by atoms with Crippen molar-refractivity contribution in [2.24, 2.45) is 0 Å². The molecule has 0 bridgehead atoms. The Morgan fingerprint density at radius 1 is 0.900 bits per heavy atom. The Bertz CT molecular complexity index is 1450. The molecule has 40 heavy (non-hydrogen) atoms. The van der Waals surface area contributed by atoms with E-state index in [9.17, 15) is 41.0 Å². The third kappa shape index (κ3) is 8.56. The van der Waals surface area contributed by atoms with E-state index in [-0.39, 0.29) is 26.7 Å². The molecule has 0 aliphatic carbocycles. The number of aliphatic hydroxyl groups excluding tert-OH is 1. The van der Waals surface area contributed by atoms with Crippen LogP contribution >= 0.6 is 23.2 Å². The van der Waals surface area contributed by atoms with E-state index >= 15 is 0 Å². The molecule has 0 aliphatic heterocycles. The molecular formula is C27H20Cl2F6N2O3. The number of nitrogens with one attached hydrogen (secondary N) is 2. The highest BCUT2D eigenvalue weighted by Crippen LogP contribution is 2.36. The summed E-state index contributed by atoms with van der Waals surface area (Å²) in [5, 5.41) is 14.4. The van der Waals surface area contributed by atoms with Crippen molar-refractivity contribution in [1.29, 1.82) is 0 Å². The molecule has 3 aromatic carbocycles. The zero-order valence-corrected chi connectivity index (χ0v) is 21.7. The Morgan fingerprint density at radius 2 is 1.48 bits per heavy atom. The van der Waals surface area contributed by atoms with Gasteiger partial charge in [-0.3, -0.25) is 14.9 Å². The van der Waals surface area contributed by atoms with Gasteiger partial charge in [0.2, 0.25) is 0 Å². The molecule has 0 saturated carbocycles.